The van der Waals surface area contributed by atoms with Gasteiger partial charge in [-0.3, -0.25) is 0 Å². The number of hydrogen-bond acceptors (Lipinski definition) is 6. The molecule has 0 fully saturated rings. The summed E-state index contributed by atoms with van der Waals surface area (Å²) in [4.78, 5) is 5.71. The number of anilines is 12. The summed E-state index contributed by atoms with van der Waals surface area (Å²) in [5, 5.41) is 0. The van der Waals surface area contributed by atoms with Crippen molar-refractivity contribution in [3.8, 4) is 77.9 Å². The van der Waals surface area contributed by atoms with Crippen molar-refractivity contribution in [3.63, 3.8) is 0 Å². The first-order valence-electron chi connectivity index (χ1n) is 61.0. The van der Waals surface area contributed by atoms with Crippen LogP contribution in [0.15, 0.2) is 437 Å². The van der Waals surface area contributed by atoms with Gasteiger partial charge in [0.15, 0.2) is 5.82 Å². The van der Waals surface area contributed by atoms with Crippen LogP contribution >= 0.6 is 23.5 Å². The predicted molar refractivity (Wildman–Crippen MR) is 529 cm³/mol. The van der Waals surface area contributed by atoms with Gasteiger partial charge in [0.1, 0.15) is 17.3 Å². The second-order valence-corrected chi connectivity index (χ2v) is 32.7. The van der Waals surface area contributed by atoms with Crippen molar-refractivity contribution in [2.24, 2.45) is 0 Å². The third-order valence-electron chi connectivity index (χ3n) is 24.4. The number of rotatable bonds is 9. The highest BCUT2D eigenvalue weighted by atomic mass is 32.2. The fourth-order valence-electron chi connectivity index (χ4n) is 19.6. The minimum absolute atomic E-state index is 0.0367. The molecule has 19 aromatic carbocycles. The van der Waals surface area contributed by atoms with Crippen LogP contribution in [0.5, 0.6) is 0 Å². The number of para-hydroxylation sites is 6. The molecule has 0 amide bonds. The molecule has 0 N–H and O–H groups in total. The molecular weight excluding hydrogens is 1590 g/mol. The van der Waals surface area contributed by atoms with E-state index in [1.165, 1.54) is 0 Å². The Balaban J connectivity index is 0.000000166. The van der Waals surface area contributed by atoms with Crippen LogP contribution in [-0.4, -0.2) is 26.9 Å². The number of benzene rings is 19. The van der Waals surface area contributed by atoms with Crippen molar-refractivity contribution >= 4 is 184 Å². The first-order valence-corrected chi connectivity index (χ1v) is 41.6. The van der Waals surface area contributed by atoms with Crippen LogP contribution in [-0.2, 0) is 0 Å². The molecule has 0 saturated heterocycles. The lowest BCUT2D eigenvalue weighted by atomic mass is 9.29. The molecule has 13 heteroatoms. The Morgan fingerprint density at radius 2 is 0.575 bits per heavy atom. The van der Waals surface area contributed by atoms with E-state index in [1.807, 2.05) is 114 Å². The fraction of sp³-hybridized carbons (Fsp3) is 0. The predicted octanol–water partition coefficient (Wildman–Crippen LogP) is 22.2. The maximum atomic E-state index is 19.8. The van der Waals surface area contributed by atoms with E-state index in [4.69, 9.17) is 21.9 Å². The molecule has 4 nitrogen and oxygen atoms in total. The third kappa shape index (κ3) is 11.0. The van der Waals surface area contributed by atoms with E-state index in [9.17, 15) is 35.6 Å². The number of halogens is 3. The quantitative estimate of drug-likeness (QED) is 0.133. The maximum Gasteiger partial charge on any atom is 0.252 e. The van der Waals surface area contributed by atoms with E-state index < -0.39 is 399 Å². The van der Waals surface area contributed by atoms with Crippen molar-refractivity contribution in [1.82, 2.24) is 0 Å². The second-order valence-electron chi connectivity index (χ2n) is 30.6. The number of hydrogen-bond donors (Lipinski definition) is 0. The van der Waals surface area contributed by atoms with Gasteiger partial charge in [0.05, 0.1) is 74.6 Å². The first-order chi connectivity index (χ1) is 80.3. The van der Waals surface area contributed by atoms with Gasteiger partial charge >= 0.3 is 0 Å². The van der Waals surface area contributed by atoms with E-state index in [1.54, 1.807) is 30.3 Å². The minimum atomic E-state index is -1.92. The van der Waals surface area contributed by atoms with Crippen molar-refractivity contribution in [3.05, 3.63) is 435 Å². The lowest BCUT2D eigenvalue weighted by Crippen LogP contribution is -2.68. The summed E-state index contributed by atoms with van der Waals surface area (Å²) in [5.41, 5.74) is -6.54. The monoisotopic (exact) mass is 1700 g/mol. The Kier molecular flexibility index (Phi) is 9.90. The van der Waals surface area contributed by atoms with Crippen LogP contribution in [0.4, 0.5) is 81.4 Å². The molecule has 0 unspecified atom stereocenters. The molecule has 590 valence electrons. The topological polar surface area (TPSA) is 13.0 Å². The lowest BCUT2D eigenvalue weighted by Gasteiger charge is -2.50. The van der Waals surface area contributed by atoms with Crippen LogP contribution in [0.3, 0.4) is 0 Å². The highest BCUT2D eigenvalue weighted by Crippen LogP contribution is 2.59. The third-order valence-corrected chi connectivity index (χ3v) is 26.8. The summed E-state index contributed by atoms with van der Waals surface area (Å²) in [6.07, 6.45) is 0. The van der Waals surface area contributed by atoms with Crippen molar-refractivity contribution < 1.29 is 70.7 Å². The highest BCUT2D eigenvalue weighted by Gasteiger charge is 2.56. The van der Waals surface area contributed by atoms with E-state index in [0.29, 0.717) is 48.8 Å². The number of nitrogens with zero attached hydrogens (tertiary/aromatic N) is 4. The average Bonchev–Trinajstić information content (AvgIpc) is 0.653. The van der Waals surface area contributed by atoms with Crippen LogP contribution in [0.1, 0.15) is 57.6 Å². The summed E-state index contributed by atoms with van der Waals surface area (Å²) in [6, 6.07) is 9.76. The maximum absolute atomic E-state index is 19.8. The van der Waals surface area contributed by atoms with Crippen molar-refractivity contribution in [2.75, 3.05) is 19.6 Å². The Morgan fingerprint density at radius 1 is 0.220 bits per heavy atom. The Labute approximate surface area is 804 Å². The molecule has 0 spiro atoms. The fourth-order valence-corrected chi connectivity index (χ4v) is 22.0. The van der Waals surface area contributed by atoms with Gasteiger partial charge in [-0.25, -0.2) is 13.2 Å². The smallest absolute Gasteiger partial charge is 0.252 e. The van der Waals surface area contributed by atoms with Gasteiger partial charge < -0.3 is 19.6 Å². The highest BCUT2D eigenvalue weighted by molar-refractivity contribution is 8.00. The average molecular weight is 1700 g/mol. The van der Waals surface area contributed by atoms with Gasteiger partial charge in [-0.15, -0.1) is 0 Å². The normalized spacial score (nSPS) is 18.1. The molecule has 127 heavy (non-hydrogen) atoms. The zero-order valence-electron chi connectivity index (χ0n) is 107. The molecular formula is C114H69B4F3N4S2. The first kappa shape index (κ1) is 43.2. The van der Waals surface area contributed by atoms with E-state index in [-0.39, 0.29) is 54.3 Å². The van der Waals surface area contributed by atoms with Gasteiger partial charge in [0.25, 0.3) is 13.4 Å². The molecule has 27 rings (SSSR count). The molecule has 0 aliphatic carbocycles. The van der Waals surface area contributed by atoms with Gasteiger partial charge in [0, 0.05) is 87.3 Å². The van der Waals surface area contributed by atoms with E-state index in [2.05, 4.69) is 6.07 Å². The molecule has 8 aliphatic rings. The SMILES string of the molecule is [2H]c1c([2H])c([2H])c(-c2c([2H])c([2H])c([2H])c(-c3c([2H])c([2H])c([2H])c([2H])c3[2H])c2-c2c3c4c5c6c2N(c2c(F)cccc2F)c2c([2H])c([2H])c([2H])c([2H])c2B6c2cc(-c6ccccc6)ccc2N5c2ccc(-c5ccccc5)cc2B4c2ccccc2S3)c([2H])c1[2H].[2H]c1c([2H])c([2H])c(-c2c([2H])c([2H])c([2H])c(-c3c([2H])c([2H])c([2H])c([2H])c3[2H])c2N2c3c([2H])c([2H])c([2H])c([2H])c3B3c4c([2H])c([2H])c([2H])c([2H])c4N4c5c([2H])c([2H])c([2H])c([2H])c5B5c6ccccc6Sc6c(F)c2c3c4c65)c([2H])c1[2H]. The molecule has 0 bridgehead atoms. The molecule has 19 aromatic rings. The van der Waals surface area contributed by atoms with Crippen LogP contribution in [0, 0.1) is 17.5 Å². The van der Waals surface area contributed by atoms with Gasteiger partial charge in [-0.05, 0) is 171 Å². The Morgan fingerprint density at radius 3 is 1.05 bits per heavy atom. The van der Waals surface area contributed by atoms with E-state index in [0.717, 1.165) is 84.0 Å². The largest absolute Gasteiger partial charge is 0.312 e. The lowest BCUT2D eigenvalue weighted by molar-refractivity contribution is 0.586. The molecule has 8 aliphatic heterocycles. The summed E-state index contributed by atoms with van der Waals surface area (Å²) in [5.74, 6) is -3.78. The van der Waals surface area contributed by atoms with Gasteiger partial charge in [0.2, 0.25) is 13.4 Å². The Hall–Kier alpha value is -14.9. The van der Waals surface area contributed by atoms with Crippen molar-refractivity contribution in [1.29, 1.82) is 0 Å². The summed E-state index contributed by atoms with van der Waals surface area (Å²) < 4.78 is 448. The zero-order chi connectivity index (χ0) is 120. The van der Waals surface area contributed by atoms with Crippen LogP contribution < -0.4 is 85.2 Å². The van der Waals surface area contributed by atoms with Crippen LogP contribution in [0.25, 0.3) is 77.9 Å². The second kappa shape index (κ2) is 29.1. The van der Waals surface area contributed by atoms with Gasteiger partial charge in [-0.1, -0.05) is 391 Å². The summed E-state index contributed by atoms with van der Waals surface area (Å²) >= 11 is 1.93. The van der Waals surface area contributed by atoms with E-state index >= 15 is 13.2 Å². The van der Waals surface area contributed by atoms with Crippen molar-refractivity contribution in [2.45, 2.75) is 19.6 Å². The molecule has 0 aromatic heterocycles. The molecule has 8 heterocycles. The summed E-state index contributed by atoms with van der Waals surface area (Å²) in [6.45, 7) is -5.42. The standard InChI is InChI=1S/C66H40B2F2N2S.C48H29B2FN2S/c69-53-31-18-32-54(70)63(53)72-55-33-15-13-29-49(55)67-51-39-45(41-19-5-1-6-20-41)35-37-56(51)71-57-38-36-46(42-21-7-2-8-22-42)40-52(57)68-50-30-14-16-34-58(50)73-66-60(64(72)61(67)65(71)62(66)68)59-47(43-23-9-3-10-24-43)27-17-28-48(59)44-25-11-4-12-26-44;51-44-47-42-46-43-48(44)54-41-29-14-10-25-37(41)50(43)35-23-8-12-27-39(35)52(46)38-26-11-7-22-34(38)49(42)36-24-9-13-28-40(36)53(47)45-32(30-16-3-1-4-17-30)20-15-21-33(45)31-18-5-2-6-19-31/h1-40H;1-29H/i3D,4D,9D,10D,11D,12D,13D,15D,17D,23D,24D,25D,26D,27D,28D,29D,33D;1D,2D,3D,4D,5D,6D,7D,8D,9D,11D,12D,13D,15D,16D,17D,18D,19D,20D,21D,22D,23D,24D,26D,27D,28D. The zero-order valence-corrected chi connectivity index (χ0v) is 66.8. The van der Waals surface area contributed by atoms with Gasteiger partial charge in [-0.2, -0.15) is 0 Å². The summed E-state index contributed by atoms with van der Waals surface area (Å²) in [7, 11) is 0. The minimum Gasteiger partial charge on any atom is -0.312 e. The molecule has 0 radical (unpaired) electrons. The van der Waals surface area contributed by atoms with Crippen LogP contribution in [0.2, 0.25) is 0 Å². The molecule has 0 saturated carbocycles. The molecule has 0 atom stereocenters. The Bertz CT molecular complexity index is 10300. The number of fused-ring (bicyclic) bond motifs is 20.